The summed E-state index contributed by atoms with van der Waals surface area (Å²) in [6.07, 6.45) is 8.55. The van der Waals surface area contributed by atoms with E-state index in [2.05, 4.69) is 37.6 Å². The Kier molecular flexibility index (Phi) is 10.1. The normalized spacial score (nSPS) is 15.6. The quantitative estimate of drug-likeness (QED) is 0.190. The number of nitrogens with two attached hydrogens (primary N) is 2. The van der Waals surface area contributed by atoms with Crippen LogP contribution in [0.2, 0.25) is 0 Å². The maximum atomic E-state index is 12.1. The number of nitrogens with zero attached hydrogens (tertiary/aromatic N) is 2. The van der Waals surface area contributed by atoms with Gasteiger partial charge in [-0.15, -0.1) is 0 Å². The molecule has 170 valence electrons. The van der Waals surface area contributed by atoms with E-state index in [-0.39, 0.29) is 17.6 Å². The molecule has 0 bridgehead atoms. The zero-order chi connectivity index (χ0) is 22.6. The summed E-state index contributed by atoms with van der Waals surface area (Å²) in [7, 11) is 0. The number of carbonyl (C=O) groups excluding carboxylic acids is 1. The van der Waals surface area contributed by atoms with E-state index >= 15 is 0 Å². The van der Waals surface area contributed by atoms with Gasteiger partial charge in [0.05, 0.1) is 5.69 Å². The summed E-state index contributed by atoms with van der Waals surface area (Å²) in [5.41, 5.74) is 10.6. The minimum Gasteiger partial charge on any atom is -0.381 e. The molecule has 1 amide bonds. The highest BCUT2D eigenvalue weighted by Gasteiger charge is 2.20. The Morgan fingerprint density at radius 1 is 1.32 bits per heavy atom. The van der Waals surface area contributed by atoms with Crippen molar-refractivity contribution in [2.75, 3.05) is 30.4 Å². The molecule has 1 aromatic heterocycles. The van der Waals surface area contributed by atoms with Crippen LogP contribution in [0.15, 0.2) is 36.1 Å². The first-order chi connectivity index (χ1) is 15.0. The summed E-state index contributed by atoms with van der Waals surface area (Å²) in [6, 6.07) is 0.238. The molecule has 0 radical (unpaired) electrons. The molecule has 2 rings (SSSR count). The van der Waals surface area contributed by atoms with Crippen molar-refractivity contribution in [3.8, 4) is 0 Å². The molecule has 7 N–H and O–H groups in total. The number of amides is 1. The van der Waals surface area contributed by atoms with Crippen molar-refractivity contribution < 1.29 is 14.5 Å². The second-order valence-electron chi connectivity index (χ2n) is 7.02. The van der Waals surface area contributed by atoms with Gasteiger partial charge in [0.1, 0.15) is 0 Å². The number of rotatable bonds is 12. The van der Waals surface area contributed by atoms with E-state index in [0.717, 1.165) is 18.4 Å². The maximum Gasteiger partial charge on any atom is 0.271 e. The van der Waals surface area contributed by atoms with Crippen LogP contribution < -0.4 is 27.7 Å². The van der Waals surface area contributed by atoms with Crippen LogP contribution in [0, 0.1) is 0 Å². The first kappa shape index (κ1) is 24.5. The zero-order valence-corrected chi connectivity index (χ0v) is 18.2. The third kappa shape index (κ3) is 7.44. The standard InChI is InChI=1S/C21H33N7O3/c1-4-14(7-10-24-31-23)13-15(5-2)25-21-18(19(22)29)27-17(6-3)20(28-21)26-16-8-11-30-12-9-16/h4-5,13,16,24H,2,6-12,23H2,1,3H3,(H2,22,29)(H2,25,26,28)/b14-4-,15-13+. The van der Waals surface area contributed by atoms with E-state index in [1.54, 1.807) is 6.08 Å². The van der Waals surface area contributed by atoms with Crippen molar-refractivity contribution >= 4 is 17.5 Å². The summed E-state index contributed by atoms with van der Waals surface area (Å²) in [6.45, 7) is 9.69. The fourth-order valence-electron chi connectivity index (χ4n) is 3.16. The van der Waals surface area contributed by atoms with Crippen LogP contribution in [0.25, 0.3) is 0 Å². The van der Waals surface area contributed by atoms with Gasteiger partial charge in [0.15, 0.2) is 17.3 Å². The molecule has 0 unspecified atom stereocenters. The summed E-state index contributed by atoms with van der Waals surface area (Å²) < 4.78 is 5.43. The number of aromatic nitrogens is 2. The smallest absolute Gasteiger partial charge is 0.271 e. The molecule has 0 atom stereocenters. The Labute approximate surface area is 183 Å². The average molecular weight is 432 g/mol. The van der Waals surface area contributed by atoms with Gasteiger partial charge in [0, 0.05) is 31.5 Å². The lowest BCUT2D eigenvalue weighted by Gasteiger charge is -2.25. The van der Waals surface area contributed by atoms with Crippen LogP contribution in [0.1, 0.15) is 49.3 Å². The van der Waals surface area contributed by atoms with E-state index in [1.165, 1.54) is 0 Å². The van der Waals surface area contributed by atoms with Gasteiger partial charge >= 0.3 is 0 Å². The Hall–Kier alpha value is -2.79. The molecule has 0 spiro atoms. The van der Waals surface area contributed by atoms with Gasteiger partial charge in [0.25, 0.3) is 5.91 Å². The number of nitrogens with one attached hydrogen (secondary N) is 3. The molecule has 0 aromatic carbocycles. The van der Waals surface area contributed by atoms with Gasteiger partial charge in [-0.05, 0) is 50.3 Å². The molecule has 0 aliphatic carbocycles. The first-order valence-electron chi connectivity index (χ1n) is 10.4. The minimum absolute atomic E-state index is 0.0855. The van der Waals surface area contributed by atoms with E-state index in [0.29, 0.717) is 49.8 Å². The monoisotopic (exact) mass is 431 g/mol. The first-order valence-corrected chi connectivity index (χ1v) is 10.4. The lowest BCUT2D eigenvalue weighted by atomic mass is 10.1. The van der Waals surface area contributed by atoms with Crippen molar-refractivity contribution in [1.82, 2.24) is 15.4 Å². The molecule has 31 heavy (non-hydrogen) atoms. The number of primary amides is 1. The molecule has 1 aromatic rings. The Morgan fingerprint density at radius 3 is 2.65 bits per heavy atom. The highest BCUT2D eigenvalue weighted by Crippen LogP contribution is 2.23. The van der Waals surface area contributed by atoms with Gasteiger partial charge in [-0.1, -0.05) is 19.6 Å². The molecule has 0 saturated carbocycles. The molecule has 1 saturated heterocycles. The second-order valence-corrected chi connectivity index (χ2v) is 7.02. The fraction of sp³-hybridized carbons (Fsp3) is 0.476. The molecular formula is C21H33N7O3. The highest BCUT2D eigenvalue weighted by molar-refractivity contribution is 5.96. The van der Waals surface area contributed by atoms with Gasteiger partial charge in [-0.3, -0.25) is 4.79 Å². The topological polar surface area (TPSA) is 149 Å². The lowest BCUT2D eigenvalue weighted by molar-refractivity contribution is 0.0419. The number of ether oxygens (including phenoxy) is 1. The third-order valence-corrected chi connectivity index (χ3v) is 4.89. The molecule has 10 nitrogen and oxygen atoms in total. The van der Waals surface area contributed by atoms with E-state index in [1.807, 2.05) is 26.0 Å². The number of aryl methyl sites for hydroxylation is 1. The Morgan fingerprint density at radius 2 is 2.06 bits per heavy atom. The average Bonchev–Trinajstić information content (AvgIpc) is 2.78. The molecular weight excluding hydrogens is 398 g/mol. The van der Waals surface area contributed by atoms with Crippen LogP contribution in [-0.2, 0) is 16.1 Å². The summed E-state index contributed by atoms with van der Waals surface area (Å²) in [5.74, 6) is 5.26. The predicted octanol–water partition coefficient (Wildman–Crippen LogP) is 1.94. The fourth-order valence-corrected chi connectivity index (χ4v) is 3.16. The number of anilines is 2. The van der Waals surface area contributed by atoms with Gasteiger partial charge in [-0.25, -0.2) is 14.9 Å². The second kappa shape index (κ2) is 12.8. The van der Waals surface area contributed by atoms with Crippen molar-refractivity contribution in [3.05, 3.63) is 47.5 Å². The van der Waals surface area contributed by atoms with Crippen molar-refractivity contribution in [1.29, 1.82) is 0 Å². The van der Waals surface area contributed by atoms with Crippen LogP contribution >= 0.6 is 0 Å². The van der Waals surface area contributed by atoms with Crippen molar-refractivity contribution in [2.45, 2.75) is 45.6 Å². The molecule has 1 aliphatic heterocycles. The molecule has 2 heterocycles. The van der Waals surface area contributed by atoms with Crippen molar-refractivity contribution in [2.24, 2.45) is 11.6 Å². The Balaban J connectivity index is 2.32. The minimum atomic E-state index is -0.652. The largest absolute Gasteiger partial charge is 0.381 e. The maximum absolute atomic E-state index is 12.1. The summed E-state index contributed by atoms with van der Waals surface area (Å²) >= 11 is 0. The zero-order valence-electron chi connectivity index (χ0n) is 18.2. The van der Waals surface area contributed by atoms with Gasteiger partial charge in [-0.2, -0.15) is 11.4 Å². The number of hydroxylamine groups is 1. The van der Waals surface area contributed by atoms with Crippen LogP contribution in [0.3, 0.4) is 0 Å². The van der Waals surface area contributed by atoms with Gasteiger partial charge in [0.2, 0.25) is 0 Å². The Bertz CT molecular complexity index is 817. The third-order valence-electron chi connectivity index (χ3n) is 4.89. The van der Waals surface area contributed by atoms with Crippen molar-refractivity contribution in [3.63, 3.8) is 0 Å². The summed E-state index contributed by atoms with van der Waals surface area (Å²) in [5, 5.41) is 6.60. The predicted molar refractivity (Wildman–Crippen MR) is 121 cm³/mol. The SMILES string of the molecule is C=C/C(=C\C(=C/C)CCNON)Nc1nc(NC2CCOCC2)c(CC)nc1C(N)=O. The number of hydrogen-bond donors (Lipinski definition) is 5. The number of hydrogen-bond acceptors (Lipinski definition) is 9. The van der Waals surface area contributed by atoms with E-state index in [9.17, 15) is 4.79 Å². The summed E-state index contributed by atoms with van der Waals surface area (Å²) in [4.78, 5) is 25.6. The van der Waals surface area contributed by atoms with E-state index < -0.39 is 5.91 Å². The molecule has 1 fully saturated rings. The number of carbonyl (C=O) groups is 1. The van der Waals surface area contributed by atoms with Crippen LogP contribution in [-0.4, -0.2) is 41.7 Å². The highest BCUT2D eigenvalue weighted by atomic mass is 16.8. The van der Waals surface area contributed by atoms with Crippen LogP contribution in [0.5, 0.6) is 0 Å². The lowest BCUT2D eigenvalue weighted by Crippen LogP contribution is -2.29. The van der Waals surface area contributed by atoms with Gasteiger partial charge < -0.3 is 21.1 Å². The molecule has 10 heteroatoms. The molecule has 1 aliphatic rings. The van der Waals surface area contributed by atoms with Crippen LogP contribution in [0.4, 0.5) is 11.6 Å². The van der Waals surface area contributed by atoms with E-state index in [4.69, 9.17) is 16.4 Å². The number of allylic oxidation sites excluding steroid dienone is 3.